The van der Waals surface area contributed by atoms with Gasteiger partial charge in [-0.15, -0.1) is 0 Å². The van der Waals surface area contributed by atoms with Crippen LogP contribution in [0, 0.1) is 17.0 Å². The molecule has 14 heteroatoms. The summed E-state index contributed by atoms with van der Waals surface area (Å²) in [6.45, 7) is 7.66. The lowest BCUT2D eigenvalue weighted by molar-refractivity contribution is -0.384. The van der Waals surface area contributed by atoms with Crippen LogP contribution in [0.5, 0.6) is 17.2 Å². The second-order valence-corrected chi connectivity index (χ2v) is 11.8. The number of carbonyl (C=O) groups excluding carboxylic acids is 3. The number of nitrogens with zero attached hydrogens (tertiary/aromatic N) is 3. The maximum absolute atomic E-state index is 13.9. The minimum Gasteiger partial charge on any atom is -0.495 e. The maximum atomic E-state index is 13.9. The Labute approximate surface area is 290 Å². The number of non-ortho nitro benzene ring substituents is 1. The van der Waals surface area contributed by atoms with Crippen molar-refractivity contribution in [3.8, 4) is 17.2 Å². The molecule has 5 rings (SSSR count). The highest BCUT2D eigenvalue weighted by Crippen LogP contribution is 2.48. The zero-order valence-electron chi connectivity index (χ0n) is 27.6. The summed E-state index contributed by atoms with van der Waals surface area (Å²) in [4.78, 5) is 57.2. The fraction of sp³-hybridized carbons (Fsp3) is 0.286. The highest BCUT2D eigenvalue weighted by atomic mass is 79.9. The average molecular weight is 736 g/mol. The number of hydrogen-bond acceptors (Lipinski definition) is 10. The molecule has 1 aromatic heterocycles. The molecule has 0 saturated heterocycles. The van der Waals surface area contributed by atoms with E-state index in [9.17, 15) is 24.5 Å². The number of amides is 1. The number of aryl methyl sites for hydroxylation is 1. The molecule has 1 aliphatic rings. The number of hydrogen-bond donors (Lipinski definition) is 1. The maximum Gasteiger partial charge on any atom is 0.519 e. The molecule has 0 bridgehead atoms. The number of rotatable bonds is 11. The molecule has 49 heavy (non-hydrogen) atoms. The topological polar surface area (TPSA) is 154 Å². The third-order valence-electron chi connectivity index (χ3n) is 8.36. The van der Waals surface area contributed by atoms with Crippen molar-refractivity contribution in [2.24, 2.45) is 0 Å². The van der Waals surface area contributed by atoms with Crippen LogP contribution in [-0.2, 0) is 9.53 Å². The van der Waals surface area contributed by atoms with E-state index >= 15 is 0 Å². The van der Waals surface area contributed by atoms with Gasteiger partial charge in [-0.25, -0.2) is 9.59 Å². The zero-order valence-corrected chi connectivity index (χ0v) is 29.2. The van der Waals surface area contributed by atoms with Crippen LogP contribution in [-0.4, -0.2) is 67.1 Å². The molecule has 0 aliphatic carbocycles. The van der Waals surface area contributed by atoms with Gasteiger partial charge in [0, 0.05) is 66.2 Å². The summed E-state index contributed by atoms with van der Waals surface area (Å²) in [6.07, 6.45) is 2.08. The number of carbonyl (C=O) groups is 3. The van der Waals surface area contributed by atoms with Crippen molar-refractivity contribution >= 4 is 68.0 Å². The molecule has 1 N–H and O–H groups in total. The molecular weight excluding hydrogens is 700 g/mol. The number of H-pyrrole nitrogens is 1. The number of nitrogens with one attached hydrogen (secondary N) is 1. The van der Waals surface area contributed by atoms with E-state index in [0.29, 0.717) is 33.2 Å². The van der Waals surface area contributed by atoms with Crippen molar-refractivity contribution in [1.29, 1.82) is 0 Å². The van der Waals surface area contributed by atoms with E-state index in [0.717, 1.165) is 30.1 Å². The third-order valence-corrected chi connectivity index (χ3v) is 9.14. The van der Waals surface area contributed by atoms with Crippen LogP contribution in [0.2, 0.25) is 0 Å². The summed E-state index contributed by atoms with van der Waals surface area (Å²) < 4.78 is 21.6. The predicted molar refractivity (Wildman–Crippen MR) is 189 cm³/mol. The number of anilines is 2. The normalized spacial score (nSPS) is 13.8. The molecule has 1 atom stereocenters. The molecule has 0 radical (unpaired) electrons. The molecule has 1 amide bonds. The number of aromatic amines is 1. The number of nitro groups is 1. The smallest absolute Gasteiger partial charge is 0.495 e. The third kappa shape index (κ3) is 6.95. The predicted octanol–water partition coefficient (Wildman–Crippen LogP) is 7.14. The van der Waals surface area contributed by atoms with Crippen molar-refractivity contribution < 1.29 is 38.3 Å². The quantitative estimate of drug-likeness (QED) is 0.0420. The van der Waals surface area contributed by atoms with E-state index in [1.165, 1.54) is 37.5 Å². The first-order chi connectivity index (χ1) is 23.5. The molecule has 4 aromatic rings. The lowest BCUT2D eigenvalue weighted by Gasteiger charge is -2.23. The Kier molecular flexibility index (Phi) is 10.6. The molecule has 0 fully saturated rings. The minimum absolute atomic E-state index is 0.00920. The number of ether oxygens (including phenoxy) is 4. The summed E-state index contributed by atoms with van der Waals surface area (Å²) in [6, 6.07) is 12.2. The van der Waals surface area contributed by atoms with Crippen LogP contribution in [0.3, 0.4) is 0 Å². The highest BCUT2D eigenvalue weighted by Gasteiger charge is 2.37. The summed E-state index contributed by atoms with van der Waals surface area (Å²) in [5.41, 5.74) is 3.78. The first-order valence-electron chi connectivity index (χ1n) is 15.4. The highest BCUT2D eigenvalue weighted by molar-refractivity contribution is 9.09. The van der Waals surface area contributed by atoms with Gasteiger partial charge in [-0.3, -0.25) is 14.9 Å². The lowest BCUT2D eigenvalue weighted by Crippen LogP contribution is -2.28. The molecule has 2 heterocycles. The van der Waals surface area contributed by atoms with E-state index in [-0.39, 0.29) is 41.1 Å². The second-order valence-electron chi connectivity index (χ2n) is 11.1. The Balaban J connectivity index is 1.54. The van der Waals surface area contributed by atoms with Gasteiger partial charge in [-0.1, -0.05) is 22.0 Å². The van der Waals surface area contributed by atoms with E-state index < -0.39 is 17.0 Å². The number of benzene rings is 3. The van der Waals surface area contributed by atoms with Crippen LogP contribution >= 0.6 is 15.9 Å². The second kappa shape index (κ2) is 14.8. The fourth-order valence-corrected chi connectivity index (χ4v) is 6.55. The van der Waals surface area contributed by atoms with Crippen molar-refractivity contribution in [3.05, 3.63) is 87.1 Å². The summed E-state index contributed by atoms with van der Waals surface area (Å²) in [7, 11) is 2.89. The number of aromatic nitrogens is 1. The van der Waals surface area contributed by atoms with Crippen LogP contribution < -0.4 is 24.0 Å². The number of alkyl halides is 1. The molecule has 1 aliphatic heterocycles. The fourth-order valence-electron chi connectivity index (χ4n) is 6.02. The Morgan fingerprint density at radius 1 is 1.06 bits per heavy atom. The van der Waals surface area contributed by atoms with Gasteiger partial charge >= 0.3 is 12.1 Å². The number of halogens is 1. The van der Waals surface area contributed by atoms with Crippen LogP contribution in [0.4, 0.5) is 21.9 Å². The number of fused-ring (bicyclic) bond motifs is 3. The van der Waals surface area contributed by atoms with E-state index in [1.807, 2.05) is 18.2 Å². The number of esters is 1. The average Bonchev–Trinajstić information content (AvgIpc) is 3.65. The largest absolute Gasteiger partial charge is 0.519 e. The summed E-state index contributed by atoms with van der Waals surface area (Å²) >= 11 is 3.58. The van der Waals surface area contributed by atoms with Gasteiger partial charge in [-0.2, -0.15) is 0 Å². The monoisotopic (exact) mass is 734 g/mol. The summed E-state index contributed by atoms with van der Waals surface area (Å²) in [5, 5.41) is 11.9. The molecule has 0 unspecified atom stereocenters. The van der Waals surface area contributed by atoms with Crippen molar-refractivity contribution in [1.82, 2.24) is 4.98 Å². The standard InChI is InChI=1S/C35H35BrN4O9/c1-6-38(7-2)25-16-21(8-14-27(25)46-4)9-15-29(41)39-19-22(18-36)31-26(39)17-28(33-32(31)30(20(3)37-33)34(42)47-5)49-35(43)48-24-12-10-23(11-13-24)40(44)45/h8-17,22,37H,6-7,18-19H2,1-5H3/b15-9+/t22-/m1/s1. The SMILES string of the molecule is CCN(CC)c1cc(/C=C/C(=O)N2C[C@@H](CBr)c3c2cc(OC(=O)Oc2ccc([N+](=O)[O-])cc2)c2[nH]c(C)c(C(=O)OC)c32)ccc1OC. The first-order valence-corrected chi connectivity index (χ1v) is 16.6. The van der Waals surface area contributed by atoms with Crippen molar-refractivity contribution in [2.45, 2.75) is 26.7 Å². The van der Waals surface area contributed by atoms with Gasteiger partial charge in [0.25, 0.3) is 11.6 Å². The molecule has 3 aromatic carbocycles. The summed E-state index contributed by atoms with van der Waals surface area (Å²) in [5.74, 6) is -0.379. The molecule has 13 nitrogen and oxygen atoms in total. The van der Waals surface area contributed by atoms with Gasteiger partial charge in [0.15, 0.2) is 5.75 Å². The molecule has 256 valence electrons. The molecule has 0 saturated carbocycles. The van der Waals surface area contributed by atoms with Gasteiger partial charge in [-0.05, 0) is 62.2 Å². The molecule has 0 spiro atoms. The lowest BCUT2D eigenvalue weighted by atomic mass is 9.95. The van der Waals surface area contributed by atoms with Crippen LogP contribution in [0.15, 0.2) is 54.6 Å². The first kappa shape index (κ1) is 35.0. The Bertz CT molecular complexity index is 1950. The number of methoxy groups -OCH3 is 2. The van der Waals surface area contributed by atoms with E-state index in [1.54, 1.807) is 31.1 Å². The van der Waals surface area contributed by atoms with Crippen LogP contribution in [0.25, 0.3) is 17.0 Å². The van der Waals surface area contributed by atoms with Gasteiger partial charge < -0.3 is 33.7 Å². The molecular formula is C35H35BrN4O9. The Hall–Kier alpha value is -5.37. The van der Waals surface area contributed by atoms with Crippen molar-refractivity contribution in [2.75, 3.05) is 49.0 Å². The Morgan fingerprint density at radius 3 is 2.39 bits per heavy atom. The van der Waals surface area contributed by atoms with Gasteiger partial charge in [0.1, 0.15) is 11.5 Å². The number of nitro benzene ring substituents is 1. The van der Waals surface area contributed by atoms with Crippen molar-refractivity contribution in [3.63, 3.8) is 0 Å². The van der Waals surface area contributed by atoms with E-state index in [2.05, 4.69) is 39.7 Å². The Morgan fingerprint density at radius 2 is 1.78 bits per heavy atom. The minimum atomic E-state index is -1.13. The van der Waals surface area contributed by atoms with E-state index in [4.69, 9.17) is 18.9 Å². The zero-order chi connectivity index (χ0) is 35.4. The van der Waals surface area contributed by atoms with Gasteiger partial charge in [0.2, 0.25) is 0 Å². The van der Waals surface area contributed by atoms with Gasteiger partial charge in [0.05, 0.1) is 41.6 Å². The van der Waals surface area contributed by atoms with Crippen LogP contribution in [0.1, 0.15) is 46.9 Å².